The zero-order valence-electron chi connectivity index (χ0n) is 9.02. The molecule has 1 fully saturated rings. The van der Waals surface area contributed by atoms with Crippen molar-refractivity contribution in [3.8, 4) is 0 Å². The van der Waals surface area contributed by atoms with Gasteiger partial charge in [0.2, 0.25) is 0 Å². The van der Waals surface area contributed by atoms with E-state index in [2.05, 4.69) is 26.2 Å². The Balaban J connectivity index is 2.10. The molecule has 1 aromatic rings. The quantitative estimate of drug-likeness (QED) is 0.829. The SMILES string of the molecule is NC(=S)C(NC(=O)c1ncccc1Br)C1CC1. The maximum atomic E-state index is 12.0. The van der Waals surface area contributed by atoms with Gasteiger partial charge in [0.25, 0.3) is 5.91 Å². The molecule has 17 heavy (non-hydrogen) atoms. The Morgan fingerprint density at radius 3 is 2.88 bits per heavy atom. The van der Waals surface area contributed by atoms with Crippen LogP contribution in [0.4, 0.5) is 0 Å². The Bertz CT molecular complexity index is 462. The van der Waals surface area contributed by atoms with Crippen molar-refractivity contribution in [1.82, 2.24) is 10.3 Å². The number of halogens is 1. The Kier molecular flexibility index (Phi) is 3.73. The summed E-state index contributed by atoms with van der Waals surface area (Å²) < 4.78 is 0.662. The number of rotatable bonds is 4. The summed E-state index contributed by atoms with van der Waals surface area (Å²) in [6.07, 6.45) is 3.70. The van der Waals surface area contributed by atoms with Gasteiger partial charge in [-0.1, -0.05) is 12.2 Å². The number of amides is 1. The smallest absolute Gasteiger partial charge is 0.271 e. The summed E-state index contributed by atoms with van der Waals surface area (Å²) >= 11 is 8.25. The second kappa shape index (κ2) is 5.10. The zero-order valence-corrected chi connectivity index (χ0v) is 11.4. The minimum absolute atomic E-state index is 0.216. The van der Waals surface area contributed by atoms with Gasteiger partial charge in [-0.25, -0.2) is 4.98 Å². The van der Waals surface area contributed by atoms with Gasteiger partial charge in [-0.3, -0.25) is 4.79 Å². The second-order valence-corrected chi connectivity index (χ2v) is 5.35. The number of carbonyl (C=O) groups is 1. The number of nitrogens with zero attached hydrogens (tertiary/aromatic N) is 1. The van der Waals surface area contributed by atoms with Gasteiger partial charge in [0.15, 0.2) is 0 Å². The van der Waals surface area contributed by atoms with E-state index in [4.69, 9.17) is 18.0 Å². The Hall–Kier alpha value is -1.01. The fourth-order valence-corrected chi connectivity index (χ4v) is 2.30. The highest BCUT2D eigenvalue weighted by atomic mass is 79.9. The molecule has 1 aromatic heterocycles. The third-order valence-electron chi connectivity index (χ3n) is 2.66. The number of nitrogens with one attached hydrogen (secondary N) is 1. The second-order valence-electron chi connectivity index (χ2n) is 4.02. The highest BCUT2D eigenvalue weighted by Crippen LogP contribution is 2.33. The summed E-state index contributed by atoms with van der Waals surface area (Å²) in [6.45, 7) is 0. The van der Waals surface area contributed by atoms with Gasteiger partial charge in [0, 0.05) is 10.7 Å². The molecule has 1 saturated carbocycles. The van der Waals surface area contributed by atoms with Gasteiger partial charge in [0.05, 0.1) is 11.0 Å². The summed E-state index contributed by atoms with van der Waals surface area (Å²) in [7, 11) is 0. The van der Waals surface area contributed by atoms with Crippen molar-refractivity contribution in [2.45, 2.75) is 18.9 Å². The molecule has 0 aromatic carbocycles. The molecule has 1 atom stereocenters. The van der Waals surface area contributed by atoms with Gasteiger partial charge >= 0.3 is 0 Å². The number of nitrogens with two attached hydrogens (primary N) is 1. The molecule has 1 aliphatic carbocycles. The molecule has 0 spiro atoms. The number of carbonyl (C=O) groups excluding carboxylic acids is 1. The highest BCUT2D eigenvalue weighted by Gasteiger charge is 2.34. The highest BCUT2D eigenvalue weighted by molar-refractivity contribution is 9.10. The van der Waals surface area contributed by atoms with Crippen molar-refractivity contribution < 1.29 is 4.79 Å². The molecule has 1 heterocycles. The van der Waals surface area contributed by atoms with E-state index in [1.165, 1.54) is 0 Å². The maximum Gasteiger partial charge on any atom is 0.271 e. The molecular weight excluding hydrogens is 302 g/mol. The number of hydrogen-bond donors (Lipinski definition) is 2. The summed E-state index contributed by atoms with van der Waals surface area (Å²) in [5.41, 5.74) is 5.98. The van der Waals surface area contributed by atoms with Gasteiger partial charge < -0.3 is 11.1 Å². The standard InChI is InChI=1S/C11H12BrN3OS/c12-7-2-1-5-14-9(7)11(16)15-8(10(13)17)6-3-4-6/h1-2,5-6,8H,3-4H2,(H2,13,17)(H,15,16). The normalized spacial score (nSPS) is 16.3. The average Bonchev–Trinajstić information content (AvgIpc) is 3.09. The average molecular weight is 314 g/mol. The summed E-state index contributed by atoms with van der Waals surface area (Å²) in [6, 6.07) is 3.31. The van der Waals surface area contributed by atoms with Crippen molar-refractivity contribution in [2.24, 2.45) is 11.7 Å². The summed E-state index contributed by atoms with van der Waals surface area (Å²) in [5, 5.41) is 2.84. The molecule has 90 valence electrons. The molecule has 0 bridgehead atoms. The molecule has 4 nitrogen and oxygen atoms in total. The zero-order chi connectivity index (χ0) is 12.4. The predicted octanol–water partition coefficient (Wildman–Crippen LogP) is 1.64. The maximum absolute atomic E-state index is 12.0. The fourth-order valence-electron chi connectivity index (χ4n) is 1.61. The molecular formula is C11H12BrN3OS. The van der Waals surface area contributed by atoms with Crippen LogP contribution in [-0.2, 0) is 0 Å². The molecule has 1 unspecified atom stereocenters. The monoisotopic (exact) mass is 313 g/mol. The van der Waals surface area contributed by atoms with Crippen LogP contribution >= 0.6 is 28.1 Å². The lowest BCUT2D eigenvalue weighted by Crippen LogP contribution is -2.45. The molecule has 6 heteroatoms. The van der Waals surface area contributed by atoms with Crippen molar-refractivity contribution in [3.05, 3.63) is 28.5 Å². The molecule has 2 rings (SSSR count). The number of thiocarbonyl (C=S) groups is 1. The summed E-state index contributed by atoms with van der Waals surface area (Å²) in [4.78, 5) is 16.4. The third-order valence-corrected chi connectivity index (χ3v) is 3.55. The molecule has 0 radical (unpaired) electrons. The van der Waals surface area contributed by atoms with E-state index >= 15 is 0 Å². The minimum atomic E-state index is -0.248. The van der Waals surface area contributed by atoms with Crippen LogP contribution in [0.2, 0.25) is 0 Å². The van der Waals surface area contributed by atoms with E-state index in [1.54, 1.807) is 18.3 Å². The van der Waals surface area contributed by atoms with E-state index < -0.39 is 0 Å². The van der Waals surface area contributed by atoms with Crippen LogP contribution in [0.1, 0.15) is 23.3 Å². The first kappa shape index (κ1) is 12.4. The van der Waals surface area contributed by atoms with Crippen LogP contribution in [0, 0.1) is 5.92 Å². The van der Waals surface area contributed by atoms with Gasteiger partial charge in [-0.15, -0.1) is 0 Å². The molecule has 0 saturated heterocycles. The van der Waals surface area contributed by atoms with Gasteiger partial charge in [-0.05, 0) is 46.8 Å². The van der Waals surface area contributed by atoms with Gasteiger partial charge in [0.1, 0.15) is 5.69 Å². The third kappa shape index (κ3) is 3.01. The largest absolute Gasteiger partial charge is 0.392 e. The molecule has 1 aliphatic rings. The lowest BCUT2D eigenvalue weighted by atomic mass is 10.2. The summed E-state index contributed by atoms with van der Waals surface area (Å²) in [5.74, 6) is 0.140. The van der Waals surface area contributed by atoms with Crippen molar-refractivity contribution in [2.75, 3.05) is 0 Å². The van der Waals surface area contributed by atoms with E-state index in [1.807, 2.05) is 0 Å². The van der Waals surface area contributed by atoms with Crippen LogP contribution in [0.3, 0.4) is 0 Å². The topological polar surface area (TPSA) is 68.0 Å². The first-order chi connectivity index (χ1) is 8.09. The van der Waals surface area contributed by atoms with E-state index in [0.717, 1.165) is 12.8 Å². The van der Waals surface area contributed by atoms with E-state index in [9.17, 15) is 4.79 Å². The Morgan fingerprint density at radius 2 is 2.35 bits per heavy atom. The van der Waals surface area contributed by atoms with Crippen LogP contribution in [0.15, 0.2) is 22.8 Å². The van der Waals surface area contributed by atoms with Gasteiger partial charge in [-0.2, -0.15) is 0 Å². The first-order valence-electron chi connectivity index (χ1n) is 5.30. The molecule has 3 N–H and O–H groups in total. The minimum Gasteiger partial charge on any atom is -0.392 e. The Morgan fingerprint density at radius 1 is 1.65 bits per heavy atom. The van der Waals surface area contributed by atoms with E-state index in [0.29, 0.717) is 21.1 Å². The first-order valence-corrected chi connectivity index (χ1v) is 6.50. The fraction of sp³-hybridized carbons (Fsp3) is 0.364. The molecule has 1 amide bonds. The number of pyridine rings is 1. The van der Waals surface area contributed by atoms with Crippen LogP contribution in [0.25, 0.3) is 0 Å². The lowest BCUT2D eigenvalue weighted by molar-refractivity contribution is 0.0938. The predicted molar refractivity (Wildman–Crippen MR) is 72.7 cm³/mol. The van der Waals surface area contributed by atoms with Crippen LogP contribution in [-0.4, -0.2) is 21.9 Å². The van der Waals surface area contributed by atoms with Crippen LogP contribution in [0.5, 0.6) is 0 Å². The Labute approximate surface area is 113 Å². The number of aromatic nitrogens is 1. The number of hydrogen-bond acceptors (Lipinski definition) is 3. The van der Waals surface area contributed by atoms with E-state index in [-0.39, 0.29) is 11.9 Å². The van der Waals surface area contributed by atoms with Crippen LogP contribution < -0.4 is 11.1 Å². The van der Waals surface area contributed by atoms with Crippen molar-refractivity contribution in [1.29, 1.82) is 0 Å². The van der Waals surface area contributed by atoms with Crippen molar-refractivity contribution in [3.63, 3.8) is 0 Å². The van der Waals surface area contributed by atoms with Crippen molar-refractivity contribution >= 4 is 39.0 Å². The molecule has 0 aliphatic heterocycles. The lowest BCUT2D eigenvalue weighted by Gasteiger charge is -2.16.